The summed E-state index contributed by atoms with van der Waals surface area (Å²) in [5.74, 6) is 1.89. The highest BCUT2D eigenvalue weighted by atomic mass is 79.9. The lowest BCUT2D eigenvalue weighted by Gasteiger charge is -2.14. The number of para-hydroxylation sites is 2. The van der Waals surface area contributed by atoms with Crippen molar-refractivity contribution in [3.05, 3.63) is 92.9 Å². The lowest BCUT2D eigenvalue weighted by molar-refractivity contribution is 0.412. The van der Waals surface area contributed by atoms with E-state index in [2.05, 4.69) is 15.9 Å². The highest BCUT2D eigenvalue weighted by Gasteiger charge is 2.14. The molecule has 0 unspecified atom stereocenters. The Morgan fingerprint density at radius 2 is 1.70 bits per heavy atom. The average molecular weight is 463 g/mol. The molecule has 0 bridgehead atoms. The molecule has 30 heavy (non-hydrogen) atoms. The quantitative estimate of drug-likeness (QED) is 0.401. The number of benzene rings is 3. The Morgan fingerprint density at radius 3 is 2.43 bits per heavy atom. The van der Waals surface area contributed by atoms with Crippen molar-refractivity contribution in [2.45, 2.75) is 0 Å². The third-order valence-electron chi connectivity index (χ3n) is 4.72. The van der Waals surface area contributed by atoms with Crippen molar-refractivity contribution in [1.82, 2.24) is 9.55 Å². The first kappa shape index (κ1) is 19.9. The zero-order chi connectivity index (χ0) is 21.1. The largest absolute Gasteiger partial charge is 0.497 e. The Hall–Kier alpha value is -3.38. The van der Waals surface area contributed by atoms with Gasteiger partial charge in [0.05, 0.1) is 30.8 Å². The van der Waals surface area contributed by atoms with E-state index in [-0.39, 0.29) is 5.56 Å². The van der Waals surface area contributed by atoms with Crippen LogP contribution in [0.3, 0.4) is 0 Å². The molecule has 1 aromatic heterocycles. The minimum atomic E-state index is -0.166. The minimum absolute atomic E-state index is 0.166. The molecule has 4 rings (SSSR count). The predicted molar refractivity (Wildman–Crippen MR) is 124 cm³/mol. The number of aromatic nitrogens is 2. The number of fused-ring (bicyclic) bond motifs is 1. The number of hydrogen-bond acceptors (Lipinski definition) is 4. The zero-order valence-electron chi connectivity index (χ0n) is 16.5. The number of ether oxygens (including phenoxy) is 2. The average Bonchev–Trinajstić information content (AvgIpc) is 2.78. The van der Waals surface area contributed by atoms with E-state index in [1.54, 1.807) is 24.9 Å². The first-order valence-corrected chi connectivity index (χ1v) is 10.1. The number of nitrogens with zero attached hydrogens (tertiary/aromatic N) is 2. The maximum atomic E-state index is 13.5. The minimum Gasteiger partial charge on any atom is -0.497 e. The smallest absolute Gasteiger partial charge is 0.266 e. The predicted octanol–water partition coefficient (Wildman–Crippen LogP) is 5.34. The van der Waals surface area contributed by atoms with Crippen LogP contribution in [0.25, 0.3) is 28.7 Å². The van der Waals surface area contributed by atoms with Crippen molar-refractivity contribution in [3.63, 3.8) is 0 Å². The molecule has 0 aliphatic rings. The first-order chi connectivity index (χ1) is 14.6. The Kier molecular flexibility index (Phi) is 5.68. The molecular weight excluding hydrogens is 444 g/mol. The number of halogens is 1. The van der Waals surface area contributed by atoms with Crippen molar-refractivity contribution >= 4 is 39.0 Å². The topological polar surface area (TPSA) is 53.3 Å². The van der Waals surface area contributed by atoms with Crippen LogP contribution in [-0.2, 0) is 0 Å². The van der Waals surface area contributed by atoms with Crippen molar-refractivity contribution in [1.29, 1.82) is 0 Å². The molecule has 0 saturated heterocycles. The summed E-state index contributed by atoms with van der Waals surface area (Å²) in [5, 5.41) is 0.525. The Bertz CT molecular complexity index is 1290. The highest BCUT2D eigenvalue weighted by Crippen LogP contribution is 2.25. The standard InChI is InChI=1S/C24H19BrN2O3/c1-29-18-11-7-16(8-12-18)9-14-23-26-20-13-10-17(25)15-19(20)24(28)27(23)21-5-3-4-6-22(21)30-2/h3-15H,1-2H3. The van der Waals surface area contributed by atoms with Crippen molar-refractivity contribution in [3.8, 4) is 17.2 Å². The molecule has 5 nitrogen and oxygen atoms in total. The highest BCUT2D eigenvalue weighted by molar-refractivity contribution is 9.10. The van der Waals surface area contributed by atoms with E-state index in [4.69, 9.17) is 14.5 Å². The van der Waals surface area contributed by atoms with Crippen LogP contribution in [0, 0.1) is 0 Å². The van der Waals surface area contributed by atoms with E-state index in [0.717, 1.165) is 15.8 Å². The molecule has 0 saturated carbocycles. The Labute approximate surface area is 182 Å². The molecule has 0 aliphatic heterocycles. The second kappa shape index (κ2) is 8.55. The van der Waals surface area contributed by atoms with Gasteiger partial charge >= 0.3 is 0 Å². The summed E-state index contributed by atoms with van der Waals surface area (Å²) in [6.45, 7) is 0. The van der Waals surface area contributed by atoms with Crippen LogP contribution in [0.1, 0.15) is 11.4 Å². The molecular formula is C24H19BrN2O3. The summed E-state index contributed by atoms with van der Waals surface area (Å²) in [5.41, 5.74) is 2.06. The number of rotatable bonds is 5. The Morgan fingerprint density at radius 1 is 0.933 bits per heavy atom. The molecule has 4 aromatic rings. The van der Waals surface area contributed by atoms with Gasteiger partial charge in [-0.15, -0.1) is 0 Å². The molecule has 1 heterocycles. The van der Waals surface area contributed by atoms with Crippen LogP contribution >= 0.6 is 15.9 Å². The van der Waals surface area contributed by atoms with E-state index in [0.29, 0.717) is 28.2 Å². The molecule has 6 heteroatoms. The van der Waals surface area contributed by atoms with Crippen LogP contribution in [0.5, 0.6) is 11.5 Å². The zero-order valence-corrected chi connectivity index (χ0v) is 18.1. The third kappa shape index (κ3) is 3.86. The number of hydrogen-bond donors (Lipinski definition) is 0. The van der Waals surface area contributed by atoms with E-state index >= 15 is 0 Å². The lowest BCUT2D eigenvalue weighted by Crippen LogP contribution is -2.22. The molecule has 0 N–H and O–H groups in total. The summed E-state index contributed by atoms with van der Waals surface area (Å²) in [6, 6.07) is 20.6. The lowest BCUT2D eigenvalue weighted by atomic mass is 10.2. The van der Waals surface area contributed by atoms with Crippen LogP contribution < -0.4 is 15.0 Å². The van der Waals surface area contributed by atoms with Crippen LogP contribution in [-0.4, -0.2) is 23.8 Å². The van der Waals surface area contributed by atoms with Crippen LogP contribution in [0.2, 0.25) is 0 Å². The third-order valence-corrected chi connectivity index (χ3v) is 5.22. The summed E-state index contributed by atoms with van der Waals surface area (Å²) >= 11 is 3.44. The fourth-order valence-corrected chi connectivity index (χ4v) is 3.58. The van der Waals surface area contributed by atoms with Gasteiger partial charge in [0.1, 0.15) is 17.3 Å². The molecule has 0 atom stereocenters. The SMILES string of the molecule is COc1ccc(C=Cc2nc3ccc(Br)cc3c(=O)n2-c2ccccc2OC)cc1. The van der Waals surface area contributed by atoms with Gasteiger partial charge < -0.3 is 9.47 Å². The van der Waals surface area contributed by atoms with Crippen molar-refractivity contribution in [2.75, 3.05) is 14.2 Å². The second-order valence-corrected chi connectivity index (χ2v) is 7.47. The normalized spacial score (nSPS) is 11.2. The van der Waals surface area contributed by atoms with Gasteiger partial charge in [-0.2, -0.15) is 0 Å². The summed E-state index contributed by atoms with van der Waals surface area (Å²) < 4.78 is 13.1. The van der Waals surface area contributed by atoms with Gasteiger partial charge in [0.2, 0.25) is 0 Å². The van der Waals surface area contributed by atoms with Crippen molar-refractivity contribution in [2.24, 2.45) is 0 Å². The molecule has 0 aliphatic carbocycles. The second-order valence-electron chi connectivity index (χ2n) is 6.55. The molecule has 0 fully saturated rings. The molecule has 0 spiro atoms. The van der Waals surface area contributed by atoms with E-state index in [1.165, 1.54) is 0 Å². The van der Waals surface area contributed by atoms with Crippen LogP contribution in [0.4, 0.5) is 0 Å². The van der Waals surface area contributed by atoms with Gasteiger partial charge in [-0.3, -0.25) is 9.36 Å². The first-order valence-electron chi connectivity index (χ1n) is 9.28. The van der Waals surface area contributed by atoms with E-state index in [1.807, 2.05) is 72.8 Å². The molecule has 0 radical (unpaired) electrons. The molecule has 0 amide bonds. The molecule has 150 valence electrons. The van der Waals surface area contributed by atoms with Gasteiger partial charge in [0.15, 0.2) is 0 Å². The fraction of sp³-hybridized carbons (Fsp3) is 0.0833. The maximum absolute atomic E-state index is 13.5. The van der Waals surface area contributed by atoms with Gasteiger partial charge in [0, 0.05) is 4.47 Å². The summed E-state index contributed by atoms with van der Waals surface area (Å²) in [4.78, 5) is 18.2. The van der Waals surface area contributed by atoms with Gasteiger partial charge in [-0.25, -0.2) is 4.98 Å². The summed E-state index contributed by atoms with van der Waals surface area (Å²) in [7, 11) is 3.22. The van der Waals surface area contributed by atoms with Crippen LogP contribution in [0.15, 0.2) is 76.0 Å². The van der Waals surface area contributed by atoms with Gasteiger partial charge in [-0.1, -0.05) is 46.3 Å². The fourth-order valence-electron chi connectivity index (χ4n) is 3.22. The monoisotopic (exact) mass is 462 g/mol. The number of methoxy groups -OCH3 is 2. The maximum Gasteiger partial charge on any atom is 0.266 e. The van der Waals surface area contributed by atoms with E-state index in [9.17, 15) is 4.79 Å². The Balaban J connectivity index is 1.93. The van der Waals surface area contributed by atoms with Gasteiger partial charge in [0.25, 0.3) is 5.56 Å². The van der Waals surface area contributed by atoms with Gasteiger partial charge in [-0.05, 0) is 54.1 Å². The molecule has 3 aromatic carbocycles. The van der Waals surface area contributed by atoms with E-state index < -0.39 is 0 Å². The summed E-state index contributed by atoms with van der Waals surface area (Å²) in [6.07, 6.45) is 3.74. The van der Waals surface area contributed by atoms with Crippen molar-refractivity contribution < 1.29 is 9.47 Å².